The molecule has 2 aromatic rings. The van der Waals surface area contributed by atoms with E-state index < -0.39 is 0 Å². The number of carbonyl (C=O) groups is 1. The Hall–Kier alpha value is -2.83. The molecule has 0 radical (unpaired) electrons. The van der Waals surface area contributed by atoms with Gasteiger partial charge < -0.3 is 9.47 Å². The van der Waals surface area contributed by atoms with Crippen LogP contribution in [0.5, 0.6) is 11.5 Å². The lowest BCUT2D eigenvalue weighted by atomic mass is 10.1. The van der Waals surface area contributed by atoms with Gasteiger partial charge in [-0.1, -0.05) is 24.3 Å². The zero-order chi connectivity index (χ0) is 24.3. The van der Waals surface area contributed by atoms with E-state index in [1.807, 2.05) is 60.7 Å². The minimum atomic E-state index is 0. The number of hydrogen-bond acceptors (Lipinski definition) is 5. The van der Waals surface area contributed by atoms with E-state index >= 15 is 0 Å². The van der Waals surface area contributed by atoms with E-state index in [9.17, 15) is 4.79 Å². The molecule has 194 valence electrons. The lowest BCUT2D eigenvalue weighted by Crippen LogP contribution is -2.28. The molecule has 36 heavy (non-hydrogen) atoms. The number of nitrogens with zero attached hydrogens (tertiary/aromatic N) is 2. The Morgan fingerprint density at radius 2 is 0.972 bits per heavy atom. The third kappa shape index (κ3) is 8.10. The third-order valence-electron chi connectivity index (χ3n) is 5.66. The number of rotatable bonds is 16. The summed E-state index contributed by atoms with van der Waals surface area (Å²) >= 11 is 0. The van der Waals surface area contributed by atoms with Crippen molar-refractivity contribution in [3.05, 3.63) is 98.1 Å². The molecule has 2 aromatic carbocycles. The van der Waals surface area contributed by atoms with Gasteiger partial charge in [-0.05, 0) is 47.5 Å². The fourth-order valence-electron chi connectivity index (χ4n) is 4.05. The van der Waals surface area contributed by atoms with Gasteiger partial charge in [0.05, 0.1) is 0 Å². The first-order valence-corrected chi connectivity index (χ1v) is 11.6. The van der Waals surface area contributed by atoms with Gasteiger partial charge in [0.1, 0.15) is 24.7 Å². The topological polar surface area (TPSA) is 42.0 Å². The lowest BCUT2D eigenvalue weighted by molar-refractivity contribution is 0.104. The van der Waals surface area contributed by atoms with E-state index in [-0.39, 0.29) is 30.6 Å². The fourth-order valence-corrected chi connectivity index (χ4v) is 4.05. The van der Waals surface area contributed by atoms with Gasteiger partial charge in [0, 0.05) is 50.4 Å². The van der Waals surface area contributed by atoms with Crippen molar-refractivity contribution in [2.75, 3.05) is 52.5 Å². The second-order valence-electron chi connectivity index (χ2n) is 8.11. The zero-order valence-corrected chi connectivity index (χ0v) is 22.3. The van der Waals surface area contributed by atoms with Gasteiger partial charge in [-0.15, -0.1) is 51.1 Å². The van der Waals surface area contributed by atoms with Crippen molar-refractivity contribution in [3.8, 4) is 22.6 Å². The lowest BCUT2D eigenvalue weighted by Gasteiger charge is -2.18. The van der Waals surface area contributed by atoms with Crippen LogP contribution in [0.3, 0.4) is 0 Å². The molecule has 0 atom stereocenters. The molecule has 0 heterocycles. The van der Waals surface area contributed by atoms with Crippen LogP contribution in [-0.2, 0) is 0 Å². The molecule has 0 unspecified atom stereocenters. The second kappa shape index (κ2) is 16.0. The van der Waals surface area contributed by atoms with Gasteiger partial charge in [0.2, 0.25) is 0 Å². The molecule has 0 aliphatic heterocycles. The molecule has 1 aliphatic rings. The van der Waals surface area contributed by atoms with Crippen LogP contribution >= 0.6 is 24.8 Å². The number of ether oxygens (including phenoxy) is 2. The average molecular weight is 532 g/mol. The smallest absolute Gasteiger partial charge is 0.194 e. The molecule has 0 amide bonds. The highest BCUT2D eigenvalue weighted by atomic mass is 35.5. The standard InChI is InChI=1S/C29H34N2O3.2ClH/c1-5-13-30(14-6-2)17-19-33-23-9-11-25-26-12-10-24(22-28(26)29(32)27(25)21-23)34-20-18-31(15-7-3)16-8-4;;/h5-12,21-22H,1-4,13-20H2;2*1H. The van der Waals surface area contributed by atoms with Crippen LogP contribution in [0.4, 0.5) is 0 Å². The molecule has 0 N–H and O–H groups in total. The second-order valence-corrected chi connectivity index (χ2v) is 8.11. The van der Waals surface area contributed by atoms with E-state index in [0.717, 1.165) is 50.4 Å². The van der Waals surface area contributed by atoms with Gasteiger partial charge in [-0.25, -0.2) is 0 Å². The Bertz CT molecular complexity index is 953. The molecule has 1 aliphatic carbocycles. The Morgan fingerprint density at radius 3 is 1.31 bits per heavy atom. The zero-order valence-electron chi connectivity index (χ0n) is 20.7. The number of fused-ring (bicyclic) bond motifs is 3. The number of carbonyl (C=O) groups excluding carboxylic acids is 1. The Balaban J connectivity index is 0.00000324. The summed E-state index contributed by atoms with van der Waals surface area (Å²) in [4.78, 5) is 17.5. The summed E-state index contributed by atoms with van der Waals surface area (Å²) in [5, 5.41) is 0. The summed E-state index contributed by atoms with van der Waals surface area (Å²) < 4.78 is 11.9. The molecule has 0 saturated carbocycles. The predicted molar refractivity (Wildman–Crippen MR) is 154 cm³/mol. The molecule has 7 heteroatoms. The molecular formula is C29H36Cl2N2O3. The van der Waals surface area contributed by atoms with Crippen molar-refractivity contribution in [1.82, 2.24) is 9.80 Å². The van der Waals surface area contributed by atoms with Gasteiger partial charge in [0.15, 0.2) is 5.78 Å². The highest BCUT2D eigenvalue weighted by molar-refractivity contribution is 6.22. The molecule has 3 rings (SSSR count). The molecular weight excluding hydrogens is 495 g/mol. The molecule has 5 nitrogen and oxygen atoms in total. The number of hydrogen-bond donors (Lipinski definition) is 0. The SMILES string of the molecule is C=CCN(CC=C)CCOc1ccc2c(c1)C(=O)c1cc(OCCN(CC=C)CC=C)ccc1-2.Cl.Cl. The maximum absolute atomic E-state index is 13.1. The van der Waals surface area contributed by atoms with Gasteiger partial charge in [-0.2, -0.15) is 0 Å². The van der Waals surface area contributed by atoms with Crippen LogP contribution in [0.25, 0.3) is 11.1 Å². The summed E-state index contributed by atoms with van der Waals surface area (Å²) in [6.45, 7) is 20.8. The van der Waals surface area contributed by atoms with Crippen LogP contribution in [0.2, 0.25) is 0 Å². The van der Waals surface area contributed by atoms with Crippen molar-refractivity contribution in [2.45, 2.75) is 0 Å². The van der Waals surface area contributed by atoms with Crippen LogP contribution < -0.4 is 9.47 Å². The van der Waals surface area contributed by atoms with Crippen LogP contribution in [0.1, 0.15) is 15.9 Å². The van der Waals surface area contributed by atoms with E-state index in [0.29, 0.717) is 35.8 Å². The van der Waals surface area contributed by atoms with Crippen molar-refractivity contribution in [3.63, 3.8) is 0 Å². The molecule has 0 spiro atoms. The Labute approximate surface area is 227 Å². The summed E-state index contributed by atoms with van der Waals surface area (Å²) in [6, 6.07) is 11.4. The van der Waals surface area contributed by atoms with Crippen molar-refractivity contribution in [1.29, 1.82) is 0 Å². The normalized spacial score (nSPS) is 11.1. The first-order chi connectivity index (χ1) is 16.6. The van der Waals surface area contributed by atoms with Crippen molar-refractivity contribution < 1.29 is 14.3 Å². The highest BCUT2D eigenvalue weighted by Gasteiger charge is 2.27. The van der Waals surface area contributed by atoms with E-state index in [4.69, 9.17) is 9.47 Å². The monoisotopic (exact) mass is 530 g/mol. The summed E-state index contributed by atoms with van der Waals surface area (Å²) in [6.07, 6.45) is 7.47. The maximum Gasteiger partial charge on any atom is 0.194 e. The summed E-state index contributed by atoms with van der Waals surface area (Å²) in [5.41, 5.74) is 3.20. The first-order valence-electron chi connectivity index (χ1n) is 11.6. The third-order valence-corrected chi connectivity index (χ3v) is 5.66. The molecule has 0 fully saturated rings. The quantitative estimate of drug-likeness (QED) is 0.217. The highest BCUT2D eigenvalue weighted by Crippen LogP contribution is 2.39. The summed E-state index contributed by atoms with van der Waals surface area (Å²) in [7, 11) is 0. The van der Waals surface area contributed by atoms with Crippen LogP contribution in [0, 0.1) is 0 Å². The van der Waals surface area contributed by atoms with Crippen LogP contribution in [0.15, 0.2) is 87.0 Å². The number of ketones is 1. The fraction of sp³-hybridized carbons (Fsp3) is 0.276. The maximum atomic E-state index is 13.1. The predicted octanol–water partition coefficient (Wildman–Crippen LogP) is 5.85. The van der Waals surface area contributed by atoms with E-state index in [1.54, 1.807) is 0 Å². The minimum Gasteiger partial charge on any atom is -0.492 e. The van der Waals surface area contributed by atoms with Crippen molar-refractivity contribution >= 4 is 30.6 Å². The van der Waals surface area contributed by atoms with Gasteiger partial charge in [0.25, 0.3) is 0 Å². The van der Waals surface area contributed by atoms with E-state index in [2.05, 4.69) is 36.1 Å². The first kappa shape index (κ1) is 31.2. The molecule has 0 bridgehead atoms. The number of benzene rings is 2. The van der Waals surface area contributed by atoms with Crippen LogP contribution in [-0.4, -0.2) is 68.1 Å². The van der Waals surface area contributed by atoms with E-state index in [1.165, 1.54) is 0 Å². The Kier molecular flexibility index (Phi) is 13.9. The molecule has 0 saturated heterocycles. The minimum absolute atomic E-state index is 0. The largest absolute Gasteiger partial charge is 0.492 e. The molecule has 0 aromatic heterocycles. The Morgan fingerprint density at radius 1 is 0.611 bits per heavy atom. The summed E-state index contributed by atoms with van der Waals surface area (Å²) in [5.74, 6) is 1.39. The van der Waals surface area contributed by atoms with Gasteiger partial charge >= 0.3 is 0 Å². The number of halogens is 2. The van der Waals surface area contributed by atoms with Gasteiger partial charge in [-0.3, -0.25) is 14.6 Å². The van der Waals surface area contributed by atoms with Crippen molar-refractivity contribution in [2.24, 2.45) is 0 Å². The average Bonchev–Trinajstić information content (AvgIpc) is 3.11.